The van der Waals surface area contributed by atoms with Crippen LogP contribution in [-0.2, 0) is 0 Å². The largest absolute Gasteiger partial charge is 0.356 e. The van der Waals surface area contributed by atoms with Crippen molar-refractivity contribution in [3.05, 3.63) is 12.3 Å². The SMILES string of the molecule is c1cc(N2CCCCCC2)nc(NC2CN(C3CCCCC3)C2)n1. The summed E-state index contributed by atoms with van der Waals surface area (Å²) in [5.74, 6) is 1.91. The van der Waals surface area contributed by atoms with Gasteiger partial charge in [-0.05, 0) is 31.7 Å². The smallest absolute Gasteiger partial charge is 0.224 e. The Balaban J connectivity index is 1.30. The second-order valence-electron chi connectivity index (χ2n) is 7.73. The molecule has 0 radical (unpaired) electrons. The fourth-order valence-corrected chi connectivity index (χ4v) is 4.43. The maximum Gasteiger partial charge on any atom is 0.224 e. The van der Waals surface area contributed by atoms with Crippen LogP contribution in [-0.4, -0.2) is 53.1 Å². The summed E-state index contributed by atoms with van der Waals surface area (Å²) in [6.07, 6.45) is 14.2. The molecule has 1 aromatic rings. The average Bonchev–Trinajstić information content (AvgIpc) is 2.88. The van der Waals surface area contributed by atoms with E-state index in [0.29, 0.717) is 6.04 Å². The zero-order chi connectivity index (χ0) is 16.2. The predicted octanol–water partition coefficient (Wildman–Crippen LogP) is 3.29. The van der Waals surface area contributed by atoms with Gasteiger partial charge in [-0.3, -0.25) is 4.90 Å². The summed E-state index contributed by atoms with van der Waals surface area (Å²) >= 11 is 0. The van der Waals surface area contributed by atoms with E-state index in [1.165, 1.54) is 57.8 Å². The number of nitrogens with zero attached hydrogens (tertiary/aromatic N) is 4. The summed E-state index contributed by atoms with van der Waals surface area (Å²) in [7, 11) is 0. The van der Waals surface area contributed by atoms with Crippen LogP contribution in [0.3, 0.4) is 0 Å². The normalized spacial score (nSPS) is 24.4. The Hall–Kier alpha value is -1.36. The number of hydrogen-bond acceptors (Lipinski definition) is 5. The Morgan fingerprint density at radius 3 is 2.38 bits per heavy atom. The lowest BCUT2D eigenvalue weighted by molar-refractivity contribution is 0.0785. The van der Waals surface area contributed by atoms with E-state index in [9.17, 15) is 0 Å². The van der Waals surface area contributed by atoms with E-state index in [2.05, 4.69) is 26.2 Å². The molecule has 0 atom stereocenters. The van der Waals surface area contributed by atoms with Crippen LogP contribution in [0.2, 0.25) is 0 Å². The first-order valence-electron chi connectivity index (χ1n) is 9.97. The Kier molecular flexibility index (Phi) is 5.16. The molecule has 2 saturated heterocycles. The maximum absolute atomic E-state index is 4.78. The van der Waals surface area contributed by atoms with Crippen molar-refractivity contribution in [3.8, 4) is 0 Å². The third kappa shape index (κ3) is 3.82. The zero-order valence-corrected chi connectivity index (χ0v) is 14.8. The highest BCUT2D eigenvalue weighted by atomic mass is 15.3. The van der Waals surface area contributed by atoms with Crippen molar-refractivity contribution in [1.82, 2.24) is 14.9 Å². The molecule has 1 aromatic heterocycles. The summed E-state index contributed by atoms with van der Waals surface area (Å²) in [6.45, 7) is 4.58. The number of aromatic nitrogens is 2. The van der Waals surface area contributed by atoms with Crippen molar-refractivity contribution in [3.63, 3.8) is 0 Å². The molecule has 0 spiro atoms. The molecule has 24 heavy (non-hydrogen) atoms. The van der Waals surface area contributed by atoms with Crippen molar-refractivity contribution in [2.75, 3.05) is 36.4 Å². The van der Waals surface area contributed by atoms with Gasteiger partial charge in [0.1, 0.15) is 5.82 Å². The van der Waals surface area contributed by atoms with E-state index >= 15 is 0 Å². The minimum atomic E-state index is 0.520. The van der Waals surface area contributed by atoms with E-state index in [4.69, 9.17) is 4.98 Å². The highest BCUT2D eigenvalue weighted by Gasteiger charge is 2.33. The van der Waals surface area contributed by atoms with Gasteiger partial charge in [-0.2, -0.15) is 4.98 Å². The van der Waals surface area contributed by atoms with Gasteiger partial charge in [0.25, 0.3) is 0 Å². The average molecular weight is 329 g/mol. The van der Waals surface area contributed by atoms with Crippen LogP contribution in [0.1, 0.15) is 57.8 Å². The van der Waals surface area contributed by atoms with Gasteiger partial charge in [0.2, 0.25) is 5.95 Å². The van der Waals surface area contributed by atoms with Crippen molar-refractivity contribution >= 4 is 11.8 Å². The van der Waals surface area contributed by atoms with E-state index in [1.807, 2.05) is 6.20 Å². The summed E-state index contributed by atoms with van der Waals surface area (Å²) in [5.41, 5.74) is 0. The molecule has 3 aliphatic rings. The number of rotatable bonds is 4. The fourth-order valence-electron chi connectivity index (χ4n) is 4.43. The summed E-state index contributed by atoms with van der Waals surface area (Å²) in [6, 6.07) is 3.42. The Labute approximate surface area is 145 Å². The third-order valence-corrected chi connectivity index (χ3v) is 5.91. The molecule has 3 fully saturated rings. The summed E-state index contributed by atoms with van der Waals surface area (Å²) in [4.78, 5) is 14.3. The minimum Gasteiger partial charge on any atom is -0.356 e. The monoisotopic (exact) mass is 329 g/mol. The lowest BCUT2D eigenvalue weighted by Crippen LogP contribution is -2.59. The van der Waals surface area contributed by atoms with Crippen molar-refractivity contribution in [1.29, 1.82) is 0 Å². The third-order valence-electron chi connectivity index (χ3n) is 5.91. The molecule has 5 heteroatoms. The maximum atomic E-state index is 4.78. The molecule has 0 bridgehead atoms. The molecule has 0 unspecified atom stereocenters. The van der Waals surface area contributed by atoms with Crippen LogP contribution in [0, 0.1) is 0 Å². The van der Waals surface area contributed by atoms with Crippen LogP contribution < -0.4 is 10.2 Å². The Bertz CT molecular complexity index is 514. The molecule has 3 heterocycles. The van der Waals surface area contributed by atoms with Gasteiger partial charge >= 0.3 is 0 Å². The van der Waals surface area contributed by atoms with E-state index in [0.717, 1.165) is 44.0 Å². The standard InChI is InChI=1S/C19H31N5/c1-2-7-13-23(12-6-1)18-10-11-20-19(22-18)21-16-14-24(15-16)17-8-4-3-5-9-17/h10-11,16-17H,1-9,12-15H2,(H,20,21,22). The van der Waals surface area contributed by atoms with Gasteiger partial charge < -0.3 is 10.2 Å². The molecule has 5 nitrogen and oxygen atoms in total. The van der Waals surface area contributed by atoms with Gasteiger partial charge in [0, 0.05) is 38.4 Å². The van der Waals surface area contributed by atoms with Gasteiger partial charge in [-0.25, -0.2) is 4.98 Å². The van der Waals surface area contributed by atoms with Crippen LogP contribution >= 0.6 is 0 Å². The number of likely N-dealkylation sites (tertiary alicyclic amines) is 1. The van der Waals surface area contributed by atoms with Crippen molar-refractivity contribution < 1.29 is 0 Å². The second kappa shape index (κ2) is 7.68. The number of hydrogen-bond donors (Lipinski definition) is 1. The Morgan fingerprint density at radius 2 is 1.62 bits per heavy atom. The minimum absolute atomic E-state index is 0.520. The first kappa shape index (κ1) is 16.1. The van der Waals surface area contributed by atoms with Crippen molar-refractivity contribution in [2.24, 2.45) is 0 Å². The number of anilines is 2. The highest BCUT2D eigenvalue weighted by molar-refractivity contribution is 5.43. The molecular formula is C19H31N5. The molecule has 2 aliphatic heterocycles. The molecule has 1 N–H and O–H groups in total. The van der Waals surface area contributed by atoms with Crippen LogP contribution in [0.15, 0.2) is 12.3 Å². The molecule has 1 aliphatic carbocycles. The zero-order valence-electron chi connectivity index (χ0n) is 14.8. The van der Waals surface area contributed by atoms with Gasteiger partial charge in [0.05, 0.1) is 6.04 Å². The first-order chi connectivity index (χ1) is 11.9. The lowest BCUT2D eigenvalue weighted by atomic mass is 9.91. The summed E-state index contributed by atoms with van der Waals surface area (Å²) < 4.78 is 0. The van der Waals surface area contributed by atoms with Crippen LogP contribution in [0.5, 0.6) is 0 Å². The first-order valence-corrected chi connectivity index (χ1v) is 9.97. The predicted molar refractivity (Wildman–Crippen MR) is 98.6 cm³/mol. The van der Waals surface area contributed by atoms with E-state index < -0.39 is 0 Å². The molecule has 4 rings (SSSR count). The summed E-state index contributed by atoms with van der Waals surface area (Å²) in [5, 5.41) is 3.55. The Morgan fingerprint density at radius 1 is 0.917 bits per heavy atom. The van der Waals surface area contributed by atoms with Gasteiger partial charge in [-0.1, -0.05) is 32.1 Å². The van der Waals surface area contributed by atoms with E-state index in [-0.39, 0.29) is 0 Å². The lowest BCUT2D eigenvalue weighted by Gasteiger charge is -2.45. The van der Waals surface area contributed by atoms with Gasteiger partial charge in [0.15, 0.2) is 0 Å². The van der Waals surface area contributed by atoms with E-state index in [1.54, 1.807) is 0 Å². The quantitative estimate of drug-likeness (QED) is 0.918. The number of nitrogens with one attached hydrogen (secondary N) is 1. The second-order valence-corrected chi connectivity index (χ2v) is 7.73. The molecule has 0 aromatic carbocycles. The molecule has 0 amide bonds. The topological polar surface area (TPSA) is 44.3 Å². The van der Waals surface area contributed by atoms with Crippen LogP contribution in [0.25, 0.3) is 0 Å². The van der Waals surface area contributed by atoms with Crippen molar-refractivity contribution in [2.45, 2.75) is 69.9 Å². The highest BCUT2D eigenvalue weighted by Crippen LogP contribution is 2.27. The molecule has 132 valence electrons. The fraction of sp³-hybridized carbons (Fsp3) is 0.789. The molecule has 1 saturated carbocycles. The van der Waals surface area contributed by atoms with Gasteiger partial charge in [-0.15, -0.1) is 0 Å². The molecular weight excluding hydrogens is 298 g/mol. The van der Waals surface area contributed by atoms with Crippen LogP contribution in [0.4, 0.5) is 11.8 Å².